The highest BCUT2D eigenvalue weighted by atomic mass is 19.1. The Labute approximate surface area is 185 Å². The van der Waals surface area contributed by atoms with Crippen LogP contribution < -0.4 is 4.74 Å². The molecule has 1 unspecified atom stereocenters. The predicted molar refractivity (Wildman–Crippen MR) is 124 cm³/mol. The van der Waals surface area contributed by atoms with Gasteiger partial charge in [0, 0.05) is 29.5 Å². The Morgan fingerprint density at radius 2 is 1.81 bits per heavy atom. The molecule has 0 saturated carbocycles. The molecule has 0 amide bonds. The number of rotatable bonds is 5. The number of imidazole rings is 1. The van der Waals surface area contributed by atoms with E-state index >= 15 is 0 Å². The van der Waals surface area contributed by atoms with E-state index in [0.717, 1.165) is 44.9 Å². The van der Waals surface area contributed by atoms with Crippen LogP contribution in [0.2, 0.25) is 0 Å². The lowest BCUT2D eigenvalue weighted by Crippen LogP contribution is -2.06. The summed E-state index contributed by atoms with van der Waals surface area (Å²) in [4.78, 5) is 8.97. The highest BCUT2D eigenvalue weighted by molar-refractivity contribution is 5.94. The van der Waals surface area contributed by atoms with Crippen molar-refractivity contribution in [2.45, 2.75) is 19.9 Å². The summed E-state index contributed by atoms with van der Waals surface area (Å²) >= 11 is 0. The molecule has 0 saturated heterocycles. The monoisotopic (exact) mass is 426 g/mol. The highest BCUT2D eigenvalue weighted by Gasteiger charge is 2.18. The van der Waals surface area contributed by atoms with Crippen molar-refractivity contribution in [1.82, 2.24) is 19.1 Å². The van der Waals surface area contributed by atoms with Crippen molar-refractivity contribution in [1.29, 1.82) is 0 Å². The zero-order valence-electron chi connectivity index (χ0n) is 18.2. The molecule has 0 bridgehead atoms. The van der Waals surface area contributed by atoms with Gasteiger partial charge in [0.15, 0.2) is 0 Å². The normalized spacial score (nSPS) is 12.2. The fraction of sp³-hybridized carbons (Fsp3) is 0.154. The van der Waals surface area contributed by atoms with Crippen LogP contribution in [0.5, 0.6) is 5.75 Å². The maximum atomic E-state index is 13.4. The Morgan fingerprint density at radius 1 is 1.00 bits per heavy atom. The highest BCUT2D eigenvalue weighted by Crippen LogP contribution is 2.36. The molecule has 3 heterocycles. The first-order valence-corrected chi connectivity index (χ1v) is 10.5. The SMILES string of the molecule is COc1cc(-c2cn(C(C)c3ccc(F)cc3)c3ncccc23)ccc1-n1cnc(C)c1. The minimum atomic E-state index is -0.239. The Kier molecular flexibility index (Phi) is 4.98. The number of halogens is 1. The quantitative estimate of drug-likeness (QED) is 0.349. The molecule has 0 aliphatic carbocycles. The molecule has 0 fully saturated rings. The summed E-state index contributed by atoms with van der Waals surface area (Å²) in [6.45, 7) is 4.05. The van der Waals surface area contributed by atoms with Gasteiger partial charge >= 0.3 is 0 Å². The summed E-state index contributed by atoms with van der Waals surface area (Å²) in [5.74, 6) is 0.522. The number of benzene rings is 2. The maximum absolute atomic E-state index is 13.4. The summed E-state index contributed by atoms with van der Waals surface area (Å²) in [5, 5.41) is 1.05. The first kappa shape index (κ1) is 20.0. The number of ether oxygens (including phenoxy) is 1. The molecule has 160 valence electrons. The first-order valence-electron chi connectivity index (χ1n) is 10.5. The lowest BCUT2D eigenvalue weighted by atomic mass is 10.0. The molecular formula is C26H23FN4O. The van der Waals surface area contributed by atoms with Crippen molar-refractivity contribution in [3.05, 3.63) is 96.6 Å². The Bertz CT molecular complexity index is 1400. The van der Waals surface area contributed by atoms with E-state index in [0.29, 0.717) is 0 Å². The van der Waals surface area contributed by atoms with E-state index in [1.807, 2.05) is 48.0 Å². The molecule has 5 rings (SSSR count). The van der Waals surface area contributed by atoms with Gasteiger partial charge in [-0.25, -0.2) is 14.4 Å². The molecule has 0 radical (unpaired) electrons. The molecular weight excluding hydrogens is 403 g/mol. The van der Waals surface area contributed by atoms with E-state index in [-0.39, 0.29) is 11.9 Å². The van der Waals surface area contributed by atoms with Crippen LogP contribution in [-0.2, 0) is 0 Å². The van der Waals surface area contributed by atoms with Gasteiger partial charge in [-0.2, -0.15) is 0 Å². The summed E-state index contributed by atoms with van der Waals surface area (Å²) in [7, 11) is 1.67. The summed E-state index contributed by atoms with van der Waals surface area (Å²) in [6.07, 6.45) is 7.66. The molecule has 3 aromatic heterocycles. The number of hydrogen-bond acceptors (Lipinski definition) is 3. The number of fused-ring (bicyclic) bond motifs is 1. The lowest BCUT2D eigenvalue weighted by Gasteiger charge is -2.15. The van der Waals surface area contributed by atoms with Crippen LogP contribution in [0.15, 0.2) is 79.5 Å². The van der Waals surface area contributed by atoms with Gasteiger partial charge in [-0.15, -0.1) is 0 Å². The van der Waals surface area contributed by atoms with Crippen molar-refractivity contribution in [2.75, 3.05) is 7.11 Å². The largest absolute Gasteiger partial charge is 0.495 e. The van der Waals surface area contributed by atoms with E-state index in [4.69, 9.17) is 4.74 Å². The second-order valence-corrected chi connectivity index (χ2v) is 7.86. The van der Waals surface area contributed by atoms with E-state index < -0.39 is 0 Å². The van der Waals surface area contributed by atoms with Crippen molar-refractivity contribution in [3.63, 3.8) is 0 Å². The summed E-state index contributed by atoms with van der Waals surface area (Å²) in [6, 6.07) is 16.8. The van der Waals surface area contributed by atoms with Crippen LogP contribution in [0.25, 0.3) is 27.8 Å². The standard InChI is InChI=1S/C26H23FN4O/c1-17-14-30(16-29-17)24-11-8-20(13-25(24)32-3)23-15-31(26-22(23)5-4-12-28-26)18(2)19-6-9-21(27)10-7-19/h4-16,18H,1-3H3. The summed E-state index contributed by atoms with van der Waals surface area (Å²) in [5.41, 5.74) is 5.87. The third-order valence-corrected chi connectivity index (χ3v) is 5.84. The fourth-order valence-corrected chi connectivity index (χ4v) is 4.12. The molecule has 1 atom stereocenters. The summed E-state index contributed by atoms with van der Waals surface area (Å²) < 4.78 is 23.2. The molecule has 6 heteroatoms. The minimum absolute atomic E-state index is 0.00292. The van der Waals surface area contributed by atoms with Gasteiger partial charge in [0.1, 0.15) is 17.2 Å². The first-order chi connectivity index (χ1) is 15.5. The van der Waals surface area contributed by atoms with Crippen LogP contribution in [-0.4, -0.2) is 26.2 Å². The number of methoxy groups -OCH3 is 1. The average Bonchev–Trinajstić information content (AvgIpc) is 3.42. The van der Waals surface area contributed by atoms with Gasteiger partial charge < -0.3 is 13.9 Å². The van der Waals surface area contributed by atoms with Gasteiger partial charge in [0.05, 0.1) is 30.9 Å². The topological polar surface area (TPSA) is 44.9 Å². The zero-order valence-corrected chi connectivity index (χ0v) is 18.2. The number of hydrogen-bond donors (Lipinski definition) is 0. The van der Waals surface area contributed by atoms with E-state index in [1.54, 1.807) is 19.6 Å². The van der Waals surface area contributed by atoms with Crippen molar-refractivity contribution in [3.8, 4) is 22.6 Å². The number of nitrogens with zero attached hydrogens (tertiary/aromatic N) is 4. The molecule has 32 heavy (non-hydrogen) atoms. The molecule has 0 aliphatic heterocycles. The van der Waals surface area contributed by atoms with E-state index in [1.165, 1.54) is 12.1 Å². The third kappa shape index (κ3) is 3.43. The van der Waals surface area contributed by atoms with Crippen molar-refractivity contribution >= 4 is 11.0 Å². The van der Waals surface area contributed by atoms with Crippen LogP contribution >= 0.6 is 0 Å². The van der Waals surface area contributed by atoms with Crippen LogP contribution in [0.1, 0.15) is 24.2 Å². The van der Waals surface area contributed by atoms with Gasteiger partial charge in [-0.05, 0) is 61.4 Å². The maximum Gasteiger partial charge on any atom is 0.143 e. The van der Waals surface area contributed by atoms with Crippen molar-refractivity contribution < 1.29 is 9.13 Å². The molecule has 2 aromatic carbocycles. The Balaban J connectivity index is 1.63. The number of pyridine rings is 1. The van der Waals surface area contributed by atoms with Crippen molar-refractivity contribution in [2.24, 2.45) is 0 Å². The van der Waals surface area contributed by atoms with E-state index in [2.05, 4.69) is 39.8 Å². The van der Waals surface area contributed by atoms with Crippen LogP contribution in [0.4, 0.5) is 4.39 Å². The van der Waals surface area contributed by atoms with Gasteiger partial charge in [-0.1, -0.05) is 18.2 Å². The average molecular weight is 426 g/mol. The van der Waals surface area contributed by atoms with Gasteiger partial charge in [0.2, 0.25) is 0 Å². The van der Waals surface area contributed by atoms with Crippen LogP contribution in [0, 0.1) is 12.7 Å². The number of aromatic nitrogens is 4. The minimum Gasteiger partial charge on any atom is -0.495 e. The lowest BCUT2D eigenvalue weighted by molar-refractivity contribution is 0.413. The smallest absolute Gasteiger partial charge is 0.143 e. The van der Waals surface area contributed by atoms with Gasteiger partial charge in [0.25, 0.3) is 0 Å². The molecule has 5 nitrogen and oxygen atoms in total. The third-order valence-electron chi connectivity index (χ3n) is 5.84. The number of aryl methyl sites for hydroxylation is 1. The van der Waals surface area contributed by atoms with Gasteiger partial charge in [-0.3, -0.25) is 0 Å². The second-order valence-electron chi connectivity index (χ2n) is 7.86. The van der Waals surface area contributed by atoms with Crippen LogP contribution in [0.3, 0.4) is 0 Å². The van der Waals surface area contributed by atoms with E-state index in [9.17, 15) is 4.39 Å². The Hall–Kier alpha value is -3.93. The molecule has 0 spiro atoms. The second kappa shape index (κ2) is 7.96. The Morgan fingerprint density at radius 3 is 2.53 bits per heavy atom. The fourth-order valence-electron chi connectivity index (χ4n) is 4.12. The zero-order chi connectivity index (χ0) is 22.2. The molecule has 0 N–H and O–H groups in total. The molecule has 5 aromatic rings. The predicted octanol–water partition coefficient (Wildman–Crippen LogP) is 5.95. The molecule has 0 aliphatic rings.